The van der Waals surface area contributed by atoms with E-state index in [-0.39, 0.29) is 0 Å². The van der Waals surface area contributed by atoms with Crippen LogP contribution in [0, 0.1) is 11.8 Å². The molecular weight excluding hydrogens is 204 g/mol. The normalized spacial score (nSPS) is 28.2. The second-order valence-electron chi connectivity index (χ2n) is 4.50. The molecule has 0 amide bonds. The quantitative estimate of drug-likeness (QED) is 0.768. The van der Waals surface area contributed by atoms with Gasteiger partial charge in [-0.2, -0.15) is 4.98 Å². The number of ether oxygens (including phenoxy) is 1. The van der Waals surface area contributed by atoms with E-state index in [2.05, 4.69) is 20.2 Å². The number of rotatable bonds is 2. The van der Waals surface area contributed by atoms with Crippen molar-refractivity contribution < 1.29 is 4.74 Å². The van der Waals surface area contributed by atoms with Crippen molar-refractivity contribution in [3.05, 3.63) is 12.4 Å². The SMILES string of the molecule is COc1cncc(N2CC3CNCC3C2)n1. The molecule has 16 heavy (non-hydrogen) atoms. The minimum absolute atomic E-state index is 0.590. The van der Waals surface area contributed by atoms with Crippen LogP contribution in [0.4, 0.5) is 5.82 Å². The Labute approximate surface area is 94.8 Å². The summed E-state index contributed by atoms with van der Waals surface area (Å²) < 4.78 is 5.10. The van der Waals surface area contributed by atoms with Gasteiger partial charge in [0.15, 0.2) is 5.82 Å². The van der Waals surface area contributed by atoms with E-state index >= 15 is 0 Å². The van der Waals surface area contributed by atoms with Crippen LogP contribution in [0.5, 0.6) is 5.88 Å². The molecule has 2 atom stereocenters. The zero-order chi connectivity index (χ0) is 11.0. The summed E-state index contributed by atoms with van der Waals surface area (Å²) in [5, 5.41) is 3.43. The molecule has 0 saturated carbocycles. The standard InChI is InChI=1S/C11H16N4O/c1-16-11-5-13-4-10(14-11)15-6-8-2-12-3-9(8)7-15/h4-5,8-9,12H,2-3,6-7H2,1H3. The van der Waals surface area contributed by atoms with Crippen molar-refractivity contribution >= 4 is 5.82 Å². The van der Waals surface area contributed by atoms with E-state index in [1.54, 1.807) is 13.3 Å². The topological polar surface area (TPSA) is 50.3 Å². The molecule has 2 unspecified atom stereocenters. The van der Waals surface area contributed by atoms with Gasteiger partial charge in [0.25, 0.3) is 0 Å². The van der Waals surface area contributed by atoms with Crippen LogP contribution in [0.3, 0.4) is 0 Å². The van der Waals surface area contributed by atoms with Crippen molar-refractivity contribution in [3.63, 3.8) is 0 Å². The summed E-state index contributed by atoms with van der Waals surface area (Å²) in [7, 11) is 1.62. The third-order valence-corrected chi connectivity index (χ3v) is 3.52. The van der Waals surface area contributed by atoms with E-state index < -0.39 is 0 Å². The van der Waals surface area contributed by atoms with Crippen molar-refractivity contribution in [2.75, 3.05) is 38.2 Å². The average Bonchev–Trinajstić information content (AvgIpc) is 2.89. The molecular formula is C11H16N4O. The molecule has 5 nitrogen and oxygen atoms in total. The number of nitrogens with zero attached hydrogens (tertiary/aromatic N) is 3. The fourth-order valence-electron chi connectivity index (χ4n) is 2.63. The minimum Gasteiger partial charge on any atom is -0.480 e. The van der Waals surface area contributed by atoms with Gasteiger partial charge in [-0.1, -0.05) is 0 Å². The molecule has 0 radical (unpaired) electrons. The van der Waals surface area contributed by atoms with Gasteiger partial charge in [0.2, 0.25) is 5.88 Å². The Hall–Kier alpha value is -1.36. The van der Waals surface area contributed by atoms with Crippen LogP contribution < -0.4 is 15.0 Å². The molecule has 1 aromatic rings. The lowest BCUT2D eigenvalue weighted by molar-refractivity contribution is 0.395. The summed E-state index contributed by atoms with van der Waals surface area (Å²) in [6.07, 6.45) is 3.46. The first-order valence-electron chi connectivity index (χ1n) is 5.68. The summed E-state index contributed by atoms with van der Waals surface area (Å²) in [6.45, 7) is 4.44. The maximum absolute atomic E-state index is 5.10. The van der Waals surface area contributed by atoms with E-state index in [1.165, 1.54) is 0 Å². The van der Waals surface area contributed by atoms with Gasteiger partial charge in [-0.25, -0.2) is 0 Å². The molecule has 2 fully saturated rings. The van der Waals surface area contributed by atoms with E-state index in [4.69, 9.17) is 4.74 Å². The smallest absolute Gasteiger partial charge is 0.233 e. The number of anilines is 1. The summed E-state index contributed by atoms with van der Waals surface area (Å²) in [6, 6.07) is 0. The van der Waals surface area contributed by atoms with Gasteiger partial charge >= 0.3 is 0 Å². The molecule has 2 saturated heterocycles. The Kier molecular flexibility index (Phi) is 2.40. The van der Waals surface area contributed by atoms with Crippen LogP contribution in [0.25, 0.3) is 0 Å². The third kappa shape index (κ3) is 1.61. The van der Waals surface area contributed by atoms with Gasteiger partial charge in [-0.15, -0.1) is 0 Å². The summed E-state index contributed by atoms with van der Waals surface area (Å²) in [4.78, 5) is 10.9. The maximum atomic E-state index is 5.10. The molecule has 0 aromatic carbocycles. The van der Waals surface area contributed by atoms with Crippen LogP contribution >= 0.6 is 0 Å². The van der Waals surface area contributed by atoms with Crippen molar-refractivity contribution in [2.45, 2.75) is 0 Å². The molecule has 0 aliphatic carbocycles. The largest absolute Gasteiger partial charge is 0.480 e. The number of methoxy groups -OCH3 is 1. The van der Waals surface area contributed by atoms with E-state index in [1.807, 2.05) is 6.20 Å². The predicted molar refractivity (Wildman–Crippen MR) is 60.6 cm³/mol. The van der Waals surface area contributed by atoms with Gasteiger partial charge in [0.1, 0.15) is 0 Å². The molecule has 5 heteroatoms. The summed E-state index contributed by atoms with van der Waals surface area (Å²) in [5.74, 6) is 3.07. The first-order chi connectivity index (χ1) is 7.86. The first-order valence-corrected chi connectivity index (χ1v) is 5.68. The van der Waals surface area contributed by atoms with Crippen LogP contribution in [0.2, 0.25) is 0 Å². The molecule has 0 spiro atoms. The van der Waals surface area contributed by atoms with Crippen LogP contribution in [0.1, 0.15) is 0 Å². The zero-order valence-corrected chi connectivity index (χ0v) is 9.39. The van der Waals surface area contributed by atoms with Crippen LogP contribution in [0.15, 0.2) is 12.4 Å². The molecule has 2 aliphatic heterocycles. The second kappa shape index (κ2) is 3.90. The highest BCUT2D eigenvalue weighted by Crippen LogP contribution is 2.29. The highest BCUT2D eigenvalue weighted by Gasteiger charge is 2.36. The lowest BCUT2D eigenvalue weighted by Crippen LogP contribution is -2.26. The molecule has 1 aromatic heterocycles. The Balaban J connectivity index is 1.78. The van der Waals surface area contributed by atoms with E-state index in [0.29, 0.717) is 5.88 Å². The lowest BCUT2D eigenvalue weighted by atomic mass is 10.0. The molecule has 0 bridgehead atoms. The monoisotopic (exact) mass is 220 g/mol. The van der Waals surface area contributed by atoms with Gasteiger partial charge in [-0.05, 0) is 11.8 Å². The predicted octanol–water partition coefficient (Wildman–Crippen LogP) is 0.141. The highest BCUT2D eigenvalue weighted by molar-refractivity contribution is 5.39. The van der Waals surface area contributed by atoms with Crippen LogP contribution in [-0.2, 0) is 0 Å². The second-order valence-corrected chi connectivity index (χ2v) is 4.50. The van der Waals surface area contributed by atoms with Crippen molar-refractivity contribution in [1.29, 1.82) is 0 Å². The van der Waals surface area contributed by atoms with Gasteiger partial charge in [0.05, 0.1) is 19.5 Å². The Morgan fingerprint density at radius 3 is 2.75 bits per heavy atom. The van der Waals surface area contributed by atoms with E-state index in [9.17, 15) is 0 Å². The zero-order valence-electron chi connectivity index (χ0n) is 9.39. The number of aromatic nitrogens is 2. The maximum Gasteiger partial charge on any atom is 0.233 e. The first kappa shape index (κ1) is 9.84. The Morgan fingerprint density at radius 2 is 2.06 bits per heavy atom. The average molecular weight is 220 g/mol. The number of hydrogen-bond acceptors (Lipinski definition) is 5. The molecule has 1 N–H and O–H groups in total. The number of hydrogen-bond donors (Lipinski definition) is 1. The number of fused-ring (bicyclic) bond motifs is 1. The minimum atomic E-state index is 0.590. The van der Waals surface area contributed by atoms with Crippen molar-refractivity contribution in [1.82, 2.24) is 15.3 Å². The fraction of sp³-hybridized carbons (Fsp3) is 0.636. The van der Waals surface area contributed by atoms with Gasteiger partial charge < -0.3 is 15.0 Å². The summed E-state index contributed by atoms with van der Waals surface area (Å²) >= 11 is 0. The van der Waals surface area contributed by atoms with Gasteiger partial charge in [-0.3, -0.25) is 4.98 Å². The van der Waals surface area contributed by atoms with Crippen LogP contribution in [-0.4, -0.2) is 43.3 Å². The summed E-state index contributed by atoms with van der Waals surface area (Å²) in [5.41, 5.74) is 0. The Bertz CT molecular complexity index is 372. The highest BCUT2D eigenvalue weighted by atomic mass is 16.5. The van der Waals surface area contributed by atoms with Gasteiger partial charge in [0, 0.05) is 26.2 Å². The molecule has 3 rings (SSSR count). The van der Waals surface area contributed by atoms with Crippen molar-refractivity contribution in [3.8, 4) is 5.88 Å². The Morgan fingerprint density at radius 1 is 1.31 bits per heavy atom. The molecule has 86 valence electrons. The number of nitrogens with one attached hydrogen (secondary N) is 1. The fourth-order valence-corrected chi connectivity index (χ4v) is 2.63. The molecule has 3 heterocycles. The third-order valence-electron chi connectivity index (χ3n) is 3.52. The van der Waals surface area contributed by atoms with Crippen molar-refractivity contribution in [2.24, 2.45) is 11.8 Å². The van der Waals surface area contributed by atoms with E-state index in [0.717, 1.165) is 43.8 Å². The lowest BCUT2D eigenvalue weighted by Gasteiger charge is -2.18. The molecule has 2 aliphatic rings.